The largest absolute Gasteiger partial charge is 0.497 e. The van der Waals surface area contributed by atoms with Crippen molar-refractivity contribution in [2.24, 2.45) is 5.92 Å². The lowest BCUT2D eigenvalue weighted by atomic mass is 10.0. The molecule has 2 atom stereocenters. The van der Waals surface area contributed by atoms with E-state index in [2.05, 4.69) is 45.2 Å². The van der Waals surface area contributed by atoms with Gasteiger partial charge in [-0.3, -0.25) is 4.98 Å². The Kier molecular flexibility index (Phi) is 4.36. The van der Waals surface area contributed by atoms with Gasteiger partial charge in [-0.2, -0.15) is 0 Å². The van der Waals surface area contributed by atoms with E-state index in [1.54, 1.807) is 24.6 Å². The van der Waals surface area contributed by atoms with E-state index in [0.29, 0.717) is 12.0 Å². The van der Waals surface area contributed by atoms with Crippen molar-refractivity contribution in [3.8, 4) is 16.5 Å². The van der Waals surface area contributed by atoms with Crippen molar-refractivity contribution in [1.29, 1.82) is 0 Å². The van der Waals surface area contributed by atoms with Gasteiger partial charge in [0.2, 0.25) is 5.13 Å². The van der Waals surface area contributed by atoms with Crippen molar-refractivity contribution in [3.05, 3.63) is 54.2 Å². The second kappa shape index (κ2) is 6.80. The van der Waals surface area contributed by atoms with E-state index in [0.717, 1.165) is 34.5 Å². The quantitative estimate of drug-likeness (QED) is 0.704. The summed E-state index contributed by atoms with van der Waals surface area (Å²) >= 11 is 1.60. The molecule has 6 heteroatoms. The maximum Gasteiger partial charge on any atom is 0.209 e. The first kappa shape index (κ1) is 16.0. The molecular weight excluding hydrogens is 332 g/mol. The summed E-state index contributed by atoms with van der Waals surface area (Å²) in [6, 6.07) is 14.5. The first-order valence-electron chi connectivity index (χ1n) is 8.40. The van der Waals surface area contributed by atoms with Crippen LogP contribution in [0, 0.1) is 5.92 Å². The van der Waals surface area contributed by atoms with Crippen LogP contribution in [-0.2, 0) is 0 Å². The Bertz CT molecular complexity index is 851. The van der Waals surface area contributed by atoms with Crippen molar-refractivity contribution in [3.63, 3.8) is 0 Å². The van der Waals surface area contributed by atoms with Gasteiger partial charge in [-0.1, -0.05) is 36.5 Å². The SMILES string of the molecule is COc1cccc(C2CC(C)CN2c2nnc(-c3ccccn3)s2)c1. The molecule has 1 aromatic carbocycles. The van der Waals surface area contributed by atoms with E-state index in [9.17, 15) is 0 Å². The number of pyridine rings is 1. The maximum atomic E-state index is 5.39. The molecule has 1 fully saturated rings. The zero-order valence-corrected chi connectivity index (χ0v) is 15.1. The summed E-state index contributed by atoms with van der Waals surface area (Å²) in [6.45, 7) is 3.27. The Morgan fingerprint density at radius 1 is 1.16 bits per heavy atom. The molecule has 0 amide bonds. The number of anilines is 1. The van der Waals surface area contributed by atoms with Crippen LogP contribution in [-0.4, -0.2) is 28.8 Å². The number of hydrogen-bond donors (Lipinski definition) is 0. The molecule has 1 saturated heterocycles. The summed E-state index contributed by atoms with van der Waals surface area (Å²) < 4.78 is 5.39. The Hall–Kier alpha value is -2.47. The highest BCUT2D eigenvalue weighted by Crippen LogP contribution is 2.41. The van der Waals surface area contributed by atoms with E-state index in [-0.39, 0.29) is 0 Å². The Morgan fingerprint density at radius 2 is 2.08 bits per heavy atom. The molecule has 0 N–H and O–H groups in total. The first-order valence-corrected chi connectivity index (χ1v) is 9.21. The minimum atomic E-state index is 0.301. The highest BCUT2D eigenvalue weighted by atomic mass is 32.1. The molecule has 128 valence electrons. The Balaban J connectivity index is 1.65. The standard InChI is InChI=1S/C19H20N4OS/c1-13-10-17(14-6-5-7-15(11-14)24-2)23(12-13)19-22-21-18(25-19)16-8-3-4-9-20-16/h3-9,11,13,17H,10,12H2,1-2H3. The van der Waals surface area contributed by atoms with E-state index in [1.165, 1.54) is 5.56 Å². The van der Waals surface area contributed by atoms with Gasteiger partial charge in [-0.05, 0) is 42.2 Å². The molecule has 2 unspecified atom stereocenters. The minimum Gasteiger partial charge on any atom is -0.497 e. The molecular formula is C19H20N4OS. The fourth-order valence-corrected chi connectivity index (χ4v) is 4.23. The molecule has 25 heavy (non-hydrogen) atoms. The van der Waals surface area contributed by atoms with Gasteiger partial charge in [-0.25, -0.2) is 0 Å². The molecule has 3 heterocycles. The van der Waals surface area contributed by atoms with Crippen molar-refractivity contribution < 1.29 is 4.74 Å². The van der Waals surface area contributed by atoms with Crippen molar-refractivity contribution in [1.82, 2.24) is 15.2 Å². The Morgan fingerprint density at radius 3 is 2.88 bits per heavy atom. The van der Waals surface area contributed by atoms with Gasteiger partial charge in [0.1, 0.15) is 11.4 Å². The lowest BCUT2D eigenvalue weighted by Crippen LogP contribution is -2.23. The predicted molar refractivity (Wildman–Crippen MR) is 100 cm³/mol. The number of aromatic nitrogens is 3. The zero-order chi connectivity index (χ0) is 17.2. The van der Waals surface area contributed by atoms with E-state index >= 15 is 0 Å². The number of benzene rings is 1. The van der Waals surface area contributed by atoms with Crippen LogP contribution in [0.15, 0.2) is 48.7 Å². The highest BCUT2D eigenvalue weighted by Gasteiger charge is 2.33. The molecule has 0 aliphatic carbocycles. The summed E-state index contributed by atoms with van der Waals surface area (Å²) in [7, 11) is 1.71. The van der Waals surface area contributed by atoms with Gasteiger partial charge >= 0.3 is 0 Å². The second-order valence-electron chi connectivity index (χ2n) is 6.39. The van der Waals surface area contributed by atoms with Gasteiger partial charge in [0.15, 0.2) is 5.01 Å². The summed E-state index contributed by atoms with van der Waals surface area (Å²) in [5.74, 6) is 1.50. The zero-order valence-electron chi connectivity index (χ0n) is 14.3. The van der Waals surface area contributed by atoms with E-state index in [1.807, 2.05) is 24.3 Å². The number of ether oxygens (including phenoxy) is 1. The van der Waals surface area contributed by atoms with Crippen molar-refractivity contribution in [2.75, 3.05) is 18.6 Å². The third-order valence-corrected chi connectivity index (χ3v) is 5.52. The summed E-state index contributed by atoms with van der Waals surface area (Å²) in [4.78, 5) is 6.74. The van der Waals surface area contributed by atoms with Gasteiger partial charge < -0.3 is 9.64 Å². The van der Waals surface area contributed by atoms with Gasteiger partial charge in [-0.15, -0.1) is 10.2 Å². The molecule has 5 nitrogen and oxygen atoms in total. The van der Waals surface area contributed by atoms with Crippen LogP contribution >= 0.6 is 11.3 Å². The number of methoxy groups -OCH3 is 1. The molecule has 0 spiro atoms. The number of nitrogens with zero attached hydrogens (tertiary/aromatic N) is 4. The summed E-state index contributed by atoms with van der Waals surface area (Å²) in [5, 5.41) is 10.6. The molecule has 1 aliphatic rings. The molecule has 0 radical (unpaired) electrons. The van der Waals surface area contributed by atoms with Crippen LogP contribution in [0.1, 0.15) is 24.9 Å². The normalized spacial score (nSPS) is 20.0. The topological polar surface area (TPSA) is 51.1 Å². The lowest BCUT2D eigenvalue weighted by Gasteiger charge is -2.24. The lowest BCUT2D eigenvalue weighted by molar-refractivity contribution is 0.413. The smallest absolute Gasteiger partial charge is 0.209 e. The molecule has 3 aromatic rings. The average molecular weight is 352 g/mol. The predicted octanol–water partition coefficient (Wildman–Crippen LogP) is 4.20. The maximum absolute atomic E-state index is 5.39. The van der Waals surface area contributed by atoms with Crippen LogP contribution in [0.25, 0.3) is 10.7 Å². The van der Waals surface area contributed by atoms with E-state index < -0.39 is 0 Å². The van der Waals surface area contributed by atoms with E-state index in [4.69, 9.17) is 4.74 Å². The number of hydrogen-bond acceptors (Lipinski definition) is 6. The van der Waals surface area contributed by atoms with Crippen molar-refractivity contribution >= 4 is 16.5 Å². The second-order valence-corrected chi connectivity index (χ2v) is 7.35. The molecule has 0 saturated carbocycles. The van der Waals surface area contributed by atoms with Crippen LogP contribution in [0.4, 0.5) is 5.13 Å². The molecule has 4 rings (SSSR count). The fourth-order valence-electron chi connectivity index (χ4n) is 3.35. The number of rotatable bonds is 4. The molecule has 0 bridgehead atoms. The molecule has 2 aromatic heterocycles. The van der Waals surface area contributed by atoms with Crippen LogP contribution in [0.5, 0.6) is 5.75 Å². The average Bonchev–Trinajstić information content (AvgIpc) is 3.29. The third kappa shape index (κ3) is 3.22. The Labute approximate surface area is 151 Å². The van der Waals surface area contributed by atoms with Crippen molar-refractivity contribution in [2.45, 2.75) is 19.4 Å². The fraction of sp³-hybridized carbons (Fsp3) is 0.316. The van der Waals surface area contributed by atoms with Crippen LogP contribution in [0.3, 0.4) is 0 Å². The monoisotopic (exact) mass is 352 g/mol. The van der Waals surface area contributed by atoms with Gasteiger partial charge in [0.05, 0.1) is 13.2 Å². The summed E-state index contributed by atoms with van der Waals surface area (Å²) in [6.07, 6.45) is 2.89. The minimum absolute atomic E-state index is 0.301. The molecule has 1 aliphatic heterocycles. The van der Waals surface area contributed by atoms with Crippen LogP contribution < -0.4 is 9.64 Å². The van der Waals surface area contributed by atoms with Crippen LogP contribution in [0.2, 0.25) is 0 Å². The van der Waals surface area contributed by atoms with Gasteiger partial charge in [0.25, 0.3) is 0 Å². The third-order valence-electron chi connectivity index (χ3n) is 4.53. The van der Waals surface area contributed by atoms with Gasteiger partial charge in [0, 0.05) is 12.7 Å². The highest BCUT2D eigenvalue weighted by molar-refractivity contribution is 7.18. The first-order chi connectivity index (χ1) is 12.2. The summed E-state index contributed by atoms with van der Waals surface area (Å²) in [5.41, 5.74) is 2.13.